The number of nitrogens with zero attached hydrogens (tertiary/aromatic N) is 1. The van der Waals surface area contributed by atoms with Crippen molar-refractivity contribution in [3.63, 3.8) is 0 Å². The maximum atomic E-state index is 11.9. The lowest BCUT2D eigenvalue weighted by Crippen LogP contribution is -2.36. The molecule has 1 unspecified atom stereocenters. The van der Waals surface area contributed by atoms with Gasteiger partial charge in [0, 0.05) is 23.6 Å². The number of hydrogen-bond donors (Lipinski definition) is 1. The van der Waals surface area contributed by atoms with E-state index in [0.29, 0.717) is 5.56 Å². The van der Waals surface area contributed by atoms with Crippen molar-refractivity contribution >= 4 is 16.9 Å². The molecule has 170 valence electrons. The van der Waals surface area contributed by atoms with E-state index in [0.717, 1.165) is 36.1 Å². The molecule has 1 atom stereocenters. The zero-order valence-electron chi connectivity index (χ0n) is 19.5. The molecule has 0 amide bonds. The number of carbonyl (C=O) groups excluding carboxylic acids is 1. The second-order valence-electron chi connectivity index (χ2n) is 9.21. The fourth-order valence-electron chi connectivity index (χ4n) is 5.05. The molecule has 1 aliphatic heterocycles. The van der Waals surface area contributed by atoms with Crippen LogP contribution in [0.3, 0.4) is 0 Å². The van der Waals surface area contributed by atoms with Gasteiger partial charge in [0.2, 0.25) is 0 Å². The molecule has 1 aliphatic rings. The summed E-state index contributed by atoms with van der Waals surface area (Å²) in [6.45, 7) is 5.86. The van der Waals surface area contributed by atoms with Gasteiger partial charge in [-0.3, -0.25) is 0 Å². The molecule has 4 heteroatoms. The maximum Gasteiger partial charge on any atom is 0.337 e. The minimum Gasteiger partial charge on any atom is -0.465 e. The van der Waals surface area contributed by atoms with Crippen LogP contribution in [0.2, 0.25) is 0 Å². The second-order valence-corrected chi connectivity index (χ2v) is 9.21. The molecule has 1 saturated heterocycles. The van der Waals surface area contributed by atoms with Gasteiger partial charge in [-0.15, -0.1) is 0 Å². The smallest absolute Gasteiger partial charge is 0.337 e. The van der Waals surface area contributed by atoms with Crippen LogP contribution in [0.4, 0.5) is 0 Å². The lowest BCUT2D eigenvalue weighted by Gasteiger charge is -2.33. The molecule has 0 radical (unpaired) electrons. The lowest BCUT2D eigenvalue weighted by molar-refractivity contribution is 0.0601. The van der Waals surface area contributed by atoms with E-state index in [9.17, 15) is 4.79 Å². The first-order chi connectivity index (χ1) is 15.7. The summed E-state index contributed by atoms with van der Waals surface area (Å²) in [7, 11) is 1.43. The van der Waals surface area contributed by atoms with Gasteiger partial charge in [0.15, 0.2) is 0 Å². The minimum atomic E-state index is -0.278. The Bertz CT molecular complexity index is 1020. The topological polar surface area (TPSA) is 45.3 Å². The van der Waals surface area contributed by atoms with Crippen LogP contribution in [0.15, 0.2) is 48.7 Å². The number of benzene rings is 2. The van der Waals surface area contributed by atoms with E-state index in [1.165, 1.54) is 69.1 Å². The minimum absolute atomic E-state index is 0.278. The molecule has 1 fully saturated rings. The van der Waals surface area contributed by atoms with Crippen LogP contribution in [0.5, 0.6) is 0 Å². The highest BCUT2D eigenvalue weighted by Crippen LogP contribution is 2.24. The fraction of sp³-hybridized carbons (Fsp3) is 0.464. The Morgan fingerprint density at radius 2 is 1.94 bits per heavy atom. The van der Waals surface area contributed by atoms with Crippen LogP contribution >= 0.6 is 0 Å². The quantitative estimate of drug-likeness (QED) is 0.344. The Labute approximate surface area is 192 Å². The third-order valence-electron chi connectivity index (χ3n) is 6.92. The summed E-state index contributed by atoms with van der Waals surface area (Å²) in [6, 6.07) is 15.0. The molecule has 3 aromatic rings. The number of likely N-dealkylation sites (tertiary alicyclic amines) is 1. The van der Waals surface area contributed by atoms with Gasteiger partial charge in [-0.1, -0.05) is 31.2 Å². The summed E-state index contributed by atoms with van der Waals surface area (Å²) in [6.07, 6.45) is 10.5. The Kier molecular flexibility index (Phi) is 7.64. The molecular weight excluding hydrogens is 396 g/mol. The largest absolute Gasteiger partial charge is 0.465 e. The molecular formula is C28H36N2O2. The average molecular weight is 433 g/mol. The highest BCUT2D eigenvalue weighted by Gasteiger charge is 2.20. The number of aryl methyl sites for hydroxylation is 2. The van der Waals surface area contributed by atoms with Gasteiger partial charge in [0.05, 0.1) is 12.7 Å². The molecule has 4 rings (SSSR count). The van der Waals surface area contributed by atoms with Crippen molar-refractivity contribution in [2.75, 3.05) is 26.7 Å². The predicted molar refractivity (Wildman–Crippen MR) is 131 cm³/mol. The second kappa shape index (κ2) is 10.8. The summed E-state index contributed by atoms with van der Waals surface area (Å²) < 4.78 is 4.87. The average Bonchev–Trinajstić information content (AvgIpc) is 3.24. The normalized spacial score (nSPS) is 17.0. The fourth-order valence-corrected chi connectivity index (χ4v) is 5.05. The van der Waals surface area contributed by atoms with Crippen molar-refractivity contribution in [1.29, 1.82) is 0 Å². The number of aromatic nitrogens is 1. The van der Waals surface area contributed by atoms with E-state index in [1.54, 1.807) is 0 Å². The number of unbranched alkanes of at least 4 members (excludes halogenated alkanes) is 1. The van der Waals surface area contributed by atoms with E-state index in [1.807, 2.05) is 18.2 Å². The number of ether oxygens (including phenoxy) is 1. The van der Waals surface area contributed by atoms with Crippen LogP contribution in [0.25, 0.3) is 10.9 Å². The van der Waals surface area contributed by atoms with Crippen LogP contribution < -0.4 is 0 Å². The van der Waals surface area contributed by atoms with Crippen LogP contribution in [0.1, 0.15) is 59.7 Å². The van der Waals surface area contributed by atoms with Crippen molar-refractivity contribution in [3.05, 3.63) is 70.9 Å². The SMILES string of the molecule is CCc1ccc(CC2CCCN(CCCCc3c[nH]c4ccc(C(=O)OC)cc34)C2)cc1. The number of esters is 1. The van der Waals surface area contributed by atoms with Crippen molar-refractivity contribution < 1.29 is 9.53 Å². The molecule has 0 bridgehead atoms. The molecule has 32 heavy (non-hydrogen) atoms. The zero-order chi connectivity index (χ0) is 22.3. The van der Waals surface area contributed by atoms with Gasteiger partial charge in [0.1, 0.15) is 0 Å². The Hall–Kier alpha value is -2.59. The molecule has 0 spiro atoms. The van der Waals surface area contributed by atoms with Gasteiger partial charge < -0.3 is 14.6 Å². The summed E-state index contributed by atoms with van der Waals surface area (Å²) >= 11 is 0. The first-order valence-electron chi connectivity index (χ1n) is 12.1. The summed E-state index contributed by atoms with van der Waals surface area (Å²) in [4.78, 5) is 17.9. The Balaban J connectivity index is 1.25. The summed E-state index contributed by atoms with van der Waals surface area (Å²) in [5.41, 5.74) is 5.90. The van der Waals surface area contributed by atoms with Crippen molar-refractivity contribution in [3.8, 4) is 0 Å². The van der Waals surface area contributed by atoms with Gasteiger partial charge >= 0.3 is 5.97 Å². The van der Waals surface area contributed by atoms with Crippen molar-refractivity contribution in [2.24, 2.45) is 5.92 Å². The zero-order valence-corrected chi connectivity index (χ0v) is 19.5. The first kappa shape index (κ1) is 22.6. The highest BCUT2D eigenvalue weighted by molar-refractivity contribution is 5.95. The number of fused-ring (bicyclic) bond motifs is 1. The molecule has 1 aromatic heterocycles. The van der Waals surface area contributed by atoms with Crippen molar-refractivity contribution in [2.45, 2.75) is 51.9 Å². The lowest BCUT2D eigenvalue weighted by atomic mass is 9.90. The van der Waals surface area contributed by atoms with E-state index in [2.05, 4.69) is 47.3 Å². The summed E-state index contributed by atoms with van der Waals surface area (Å²) in [5.74, 6) is 0.501. The number of nitrogens with one attached hydrogen (secondary N) is 1. The number of H-pyrrole nitrogens is 1. The molecule has 4 nitrogen and oxygen atoms in total. The van der Waals surface area contributed by atoms with Gasteiger partial charge in [0.25, 0.3) is 0 Å². The highest BCUT2D eigenvalue weighted by atomic mass is 16.5. The Morgan fingerprint density at radius 3 is 2.72 bits per heavy atom. The molecule has 0 aliphatic carbocycles. The molecule has 1 N–H and O–H groups in total. The number of carbonyl (C=O) groups is 1. The van der Waals surface area contributed by atoms with Crippen molar-refractivity contribution in [1.82, 2.24) is 9.88 Å². The monoisotopic (exact) mass is 432 g/mol. The number of methoxy groups -OCH3 is 1. The van der Waals surface area contributed by atoms with Gasteiger partial charge in [-0.05, 0) is 98.8 Å². The maximum absolute atomic E-state index is 11.9. The first-order valence-corrected chi connectivity index (χ1v) is 12.1. The number of aromatic amines is 1. The summed E-state index contributed by atoms with van der Waals surface area (Å²) in [5, 5.41) is 1.14. The standard InChI is InChI=1S/C28H36N2O2/c1-3-21-9-11-22(12-10-21)17-23-7-6-16-30(20-23)15-5-4-8-25-19-29-27-14-13-24(18-26(25)27)28(31)32-2/h9-14,18-19,23,29H,3-8,15-17,20H2,1-2H3. The molecule has 2 heterocycles. The number of piperidine rings is 1. The van der Waals surface area contributed by atoms with E-state index in [4.69, 9.17) is 4.74 Å². The van der Waals surface area contributed by atoms with E-state index >= 15 is 0 Å². The number of hydrogen-bond acceptors (Lipinski definition) is 3. The van der Waals surface area contributed by atoms with Crippen LogP contribution in [-0.2, 0) is 24.0 Å². The van der Waals surface area contributed by atoms with E-state index in [-0.39, 0.29) is 5.97 Å². The van der Waals surface area contributed by atoms with E-state index < -0.39 is 0 Å². The predicted octanol–water partition coefficient (Wildman–Crippen LogP) is 5.79. The Morgan fingerprint density at radius 1 is 1.12 bits per heavy atom. The third-order valence-corrected chi connectivity index (χ3v) is 6.92. The van der Waals surface area contributed by atoms with Crippen LogP contribution in [-0.4, -0.2) is 42.6 Å². The molecule has 0 saturated carbocycles. The number of rotatable bonds is 9. The van der Waals surface area contributed by atoms with Gasteiger partial charge in [-0.25, -0.2) is 4.79 Å². The van der Waals surface area contributed by atoms with Gasteiger partial charge in [-0.2, -0.15) is 0 Å². The molecule has 2 aromatic carbocycles. The third kappa shape index (κ3) is 5.60. The van der Waals surface area contributed by atoms with Crippen LogP contribution in [0, 0.1) is 5.92 Å².